The first kappa shape index (κ1) is 16.6. The van der Waals surface area contributed by atoms with Gasteiger partial charge in [-0.2, -0.15) is 0 Å². The number of hydrogen-bond acceptors (Lipinski definition) is 3. The standard InChI is InChI=1S/C14H30N2O/c1-2-10-15-11-6-3-4-7-12-16-13-8-5-9-14-17/h4,7,15-17H,2-3,5-6,8-14H2,1H3/b7-4+. The summed E-state index contributed by atoms with van der Waals surface area (Å²) in [5.41, 5.74) is 0. The Hall–Kier alpha value is -0.380. The van der Waals surface area contributed by atoms with Gasteiger partial charge in [0.05, 0.1) is 0 Å². The van der Waals surface area contributed by atoms with Crippen molar-refractivity contribution in [2.75, 3.05) is 32.8 Å². The van der Waals surface area contributed by atoms with Crippen molar-refractivity contribution in [1.29, 1.82) is 0 Å². The molecule has 0 aliphatic rings. The van der Waals surface area contributed by atoms with Gasteiger partial charge >= 0.3 is 0 Å². The van der Waals surface area contributed by atoms with Crippen molar-refractivity contribution in [3.63, 3.8) is 0 Å². The lowest BCUT2D eigenvalue weighted by Crippen LogP contribution is -2.16. The van der Waals surface area contributed by atoms with Gasteiger partial charge in [-0.1, -0.05) is 19.1 Å². The summed E-state index contributed by atoms with van der Waals surface area (Å²) < 4.78 is 0. The maximum atomic E-state index is 8.61. The Labute approximate surface area is 107 Å². The van der Waals surface area contributed by atoms with E-state index in [2.05, 4.69) is 29.7 Å². The van der Waals surface area contributed by atoms with Gasteiger partial charge in [-0.15, -0.1) is 0 Å². The van der Waals surface area contributed by atoms with Crippen LogP contribution in [0.3, 0.4) is 0 Å². The molecular formula is C14H30N2O. The minimum atomic E-state index is 0.325. The van der Waals surface area contributed by atoms with Crippen molar-refractivity contribution in [3.05, 3.63) is 12.2 Å². The highest BCUT2D eigenvalue weighted by Crippen LogP contribution is 1.92. The van der Waals surface area contributed by atoms with E-state index in [0.29, 0.717) is 6.61 Å². The van der Waals surface area contributed by atoms with E-state index in [9.17, 15) is 0 Å². The van der Waals surface area contributed by atoms with E-state index in [-0.39, 0.29) is 0 Å². The summed E-state index contributed by atoms with van der Waals surface area (Å²) in [4.78, 5) is 0. The van der Waals surface area contributed by atoms with Gasteiger partial charge in [-0.3, -0.25) is 0 Å². The first-order chi connectivity index (χ1) is 8.41. The smallest absolute Gasteiger partial charge is 0.0431 e. The second-order valence-corrected chi connectivity index (χ2v) is 4.35. The van der Waals surface area contributed by atoms with Gasteiger partial charge in [-0.25, -0.2) is 0 Å². The SMILES string of the molecule is CCCNCCC/C=C/CNCCCCCO. The Morgan fingerprint density at radius 3 is 2.47 bits per heavy atom. The zero-order chi connectivity index (χ0) is 12.6. The summed E-state index contributed by atoms with van der Waals surface area (Å²) >= 11 is 0. The second-order valence-electron chi connectivity index (χ2n) is 4.35. The minimum Gasteiger partial charge on any atom is -0.396 e. The van der Waals surface area contributed by atoms with Crippen molar-refractivity contribution < 1.29 is 5.11 Å². The molecule has 3 heteroatoms. The summed E-state index contributed by atoms with van der Waals surface area (Å²) in [7, 11) is 0. The highest BCUT2D eigenvalue weighted by Gasteiger charge is 1.87. The van der Waals surface area contributed by atoms with E-state index in [1.165, 1.54) is 19.3 Å². The summed E-state index contributed by atoms with van der Waals surface area (Å²) in [5.74, 6) is 0. The van der Waals surface area contributed by atoms with Crippen molar-refractivity contribution >= 4 is 0 Å². The Balaban J connectivity index is 2.99. The van der Waals surface area contributed by atoms with Crippen LogP contribution in [0.25, 0.3) is 0 Å². The predicted octanol–water partition coefficient (Wildman–Crippen LogP) is 2.07. The third kappa shape index (κ3) is 15.6. The molecule has 0 atom stereocenters. The molecule has 0 heterocycles. The van der Waals surface area contributed by atoms with Gasteiger partial charge < -0.3 is 15.7 Å². The average molecular weight is 242 g/mol. The van der Waals surface area contributed by atoms with Gasteiger partial charge in [0.2, 0.25) is 0 Å². The van der Waals surface area contributed by atoms with Crippen LogP contribution in [0.4, 0.5) is 0 Å². The largest absolute Gasteiger partial charge is 0.396 e. The third-order valence-electron chi connectivity index (χ3n) is 2.59. The van der Waals surface area contributed by atoms with E-state index in [4.69, 9.17) is 5.11 Å². The molecule has 0 aromatic carbocycles. The highest BCUT2D eigenvalue weighted by atomic mass is 16.2. The molecule has 102 valence electrons. The van der Waals surface area contributed by atoms with Crippen LogP contribution in [0, 0.1) is 0 Å². The van der Waals surface area contributed by atoms with Gasteiger partial charge in [-0.05, 0) is 58.2 Å². The molecule has 0 rings (SSSR count). The molecule has 17 heavy (non-hydrogen) atoms. The zero-order valence-electron chi connectivity index (χ0n) is 11.4. The van der Waals surface area contributed by atoms with Crippen LogP contribution < -0.4 is 10.6 Å². The Kier molecular flexibility index (Phi) is 15.3. The highest BCUT2D eigenvalue weighted by molar-refractivity contribution is 4.83. The van der Waals surface area contributed by atoms with E-state index < -0.39 is 0 Å². The lowest BCUT2D eigenvalue weighted by atomic mass is 10.2. The topological polar surface area (TPSA) is 44.3 Å². The normalized spacial score (nSPS) is 11.4. The zero-order valence-corrected chi connectivity index (χ0v) is 11.4. The molecule has 0 unspecified atom stereocenters. The second kappa shape index (κ2) is 15.6. The van der Waals surface area contributed by atoms with Crippen LogP contribution in [0.1, 0.15) is 45.4 Å². The number of aliphatic hydroxyl groups is 1. The van der Waals surface area contributed by atoms with Crippen molar-refractivity contribution in [1.82, 2.24) is 10.6 Å². The number of allylic oxidation sites excluding steroid dienone is 1. The molecule has 0 fully saturated rings. The predicted molar refractivity (Wildman–Crippen MR) is 75.3 cm³/mol. The quantitative estimate of drug-likeness (QED) is 0.342. The van der Waals surface area contributed by atoms with Gasteiger partial charge in [0, 0.05) is 13.2 Å². The van der Waals surface area contributed by atoms with Crippen LogP contribution in [-0.4, -0.2) is 37.9 Å². The number of aliphatic hydroxyl groups excluding tert-OH is 1. The molecule has 0 aliphatic heterocycles. The fourth-order valence-corrected chi connectivity index (χ4v) is 1.57. The molecule has 0 aromatic rings. The molecule has 3 N–H and O–H groups in total. The molecule has 0 amide bonds. The molecule has 0 saturated carbocycles. The van der Waals surface area contributed by atoms with Gasteiger partial charge in [0.1, 0.15) is 0 Å². The van der Waals surface area contributed by atoms with E-state index >= 15 is 0 Å². The number of hydrogen-bond donors (Lipinski definition) is 3. The van der Waals surface area contributed by atoms with Crippen LogP contribution in [0.5, 0.6) is 0 Å². The Morgan fingerprint density at radius 2 is 1.71 bits per heavy atom. The van der Waals surface area contributed by atoms with Crippen LogP contribution >= 0.6 is 0 Å². The molecule has 0 aromatic heterocycles. The molecule has 0 aliphatic carbocycles. The Bertz CT molecular complexity index is 160. The van der Waals surface area contributed by atoms with E-state index in [0.717, 1.165) is 45.4 Å². The first-order valence-corrected chi connectivity index (χ1v) is 7.09. The maximum absolute atomic E-state index is 8.61. The molecule has 0 radical (unpaired) electrons. The fourth-order valence-electron chi connectivity index (χ4n) is 1.57. The van der Waals surface area contributed by atoms with E-state index in [1.54, 1.807) is 0 Å². The summed E-state index contributed by atoms with van der Waals surface area (Å²) in [6.45, 7) is 6.82. The number of rotatable bonds is 13. The van der Waals surface area contributed by atoms with Crippen LogP contribution in [0.15, 0.2) is 12.2 Å². The lowest BCUT2D eigenvalue weighted by Gasteiger charge is -2.01. The van der Waals surface area contributed by atoms with Crippen molar-refractivity contribution in [2.45, 2.75) is 45.4 Å². The number of nitrogens with one attached hydrogen (secondary N) is 2. The molecule has 0 saturated heterocycles. The summed E-state index contributed by atoms with van der Waals surface area (Å²) in [6, 6.07) is 0. The maximum Gasteiger partial charge on any atom is 0.0431 e. The van der Waals surface area contributed by atoms with E-state index in [1.807, 2.05) is 0 Å². The van der Waals surface area contributed by atoms with Crippen molar-refractivity contribution in [2.24, 2.45) is 0 Å². The average Bonchev–Trinajstić information content (AvgIpc) is 2.35. The third-order valence-corrected chi connectivity index (χ3v) is 2.59. The molecule has 0 bridgehead atoms. The lowest BCUT2D eigenvalue weighted by molar-refractivity contribution is 0.283. The van der Waals surface area contributed by atoms with Crippen molar-refractivity contribution in [3.8, 4) is 0 Å². The molecular weight excluding hydrogens is 212 g/mol. The Morgan fingerprint density at radius 1 is 0.882 bits per heavy atom. The van der Waals surface area contributed by atoms with Crippen LogP contribution in [0.2, 0.25) is 0 Å². The molecule has 0 spiro atoms. The van der Waals surface area contributed by atoms with Gasteiger partial charge in [0.25, 0.3) is 0 Å². The monoisotopic (exact) mass is 242 g/mol. The first-order valence-electron chi connectivity index (χ1n) is 7.09. The van der Waals surface area contributed by atoms with Crippen LogP contribution in [-0.2, 0) is 0 Å². The molecule has 3 nitrogen and oxygen atoms in total. The summed E-state index contributed by atoms with van der Waals surface area (Å²) in [6.07, 6.45) is 11.3. The number of unbranched alkanes of at least 4 members (excludes halogenated alkanes) is 3. The minimum absolute atomic E-state index is 0.325. The van der Waals surface area contributed by atoms with Gasteiger partial charge in [0.15, 0.2) is 0 Å². The fraction of sp³-hybridized carbons (Fsp3) is 0.857. The summed E-state index contributed by atoms with van der Waals surface area (Å²) in [5, 5.41) is 15.4.